The molecule has 0 aliphatic heterocycles. The van der Waals surface area contributed by atoms with Gasteiger partial charge in [-0.2, -0.15) is 0 Å². The lowest BCUT2D eigenvalue weighted by Crippen LogP contribution is -2.43. The van der Waals surface area contributed by atoms with Crippen LogP contribution in [-0.2, 0) is 9.53 Å². The number of nitrogens with one attached hydrogen (secondary N) is 1. The summed E-state index contributed by atoms with van der Waals surface area (Å²) in [6, 6.07) is 4.61. The summed E-state index contributed by atoms with van der Waals surface area (Å²) >= 11 is 0. The Balaban J connectivity index is 2.69. The summed E-state index contributed by atoms with van der Waals surface area (Å²) in [4.78, 5) is 32.8. The summed E-state index contributed by atoms with van der Waals surface area (Å²) in [6.07, 6.45) is -1.15. The van der Waals surface area contributed by atoms with E-state index in [4.69, 9.17) is 14.6 Å². The predicted octanol–water partition coefficient (Wildman–Crippen LogP) is 2.34. The van der Waals surface area contributed by atoms with Crippen LogP contribution in [0.2, 0.25) is 0 Å². The molecule has 0 fully saturated rings. The van der Waals surface area contributed by atoms with Gasteiger partial charge in [-0.1, -0.05) is 6.07 Å². The molecule has 1 aromatic carbocycles. The number of alkyl carbamates (subject to hydrolysis) is 1. The van der Waals surface area contributed by atoms with Gasteiger partial charge in [0, 0.05) is 6.07 Å². The van der Waals surface area contributed by atoms with Crippen molar-refractivity contribution < 1.29 is 29.1 Å². The first kappa shape index (κ1) is 19.2. The Bertz CT molecular complexity index is 610. The first-order chi connectivity index (χ1) is 11.1. The van der Waals surface area contributed by atoms with Crippen LogP contribution in [0.1, 0.15) is 27.2 Å². The van der Waals surface area contributed by atoms with E-state index in [1.807, 2.05) is 0 Å². The molecule has 9 heteroatoms. The fourth-order valence-electron chi connectivity index (χ4n) is 1.72. The van der Waals surface area contributed by atoms with E-state index in [2.05, 4.69) is 5.32 Å². The normalized spacial score (nSPS) is 12.1. The molecule has 0 saturated heterocycles. The Labute approximate surface area is 138 Å². The minimum absolute atomic E-state index is 0.151. The van der Waals surface area contributed by atoms with Crippen LogP contribution in [0.3, 0.4) is 0 Å². The fraction of sp³-hybridized carbons (Fsp3) is 0.467. The van der Waals surface area contributed by atoms with Gasteiger partial charge in [0.15, 0.2) is 0 Å². The van der Waals surface area contributed by atoms with E-state index in [1.54, 1.807) is 20.8 Å². The summed E-state index contributed by atoms with van der Waals surface area (Å²) in [5, 5.41) is 22.0. The van der Waals surface area contributed by atoms with Gasteiger partial charge in [0.05, 0.1) is 23.5 Å². The molecule has 0 aliphatic rings. The van der Waals surface area contributed by atoms with Crippen molar-refractivity contribution in [1.29, 1.82) is 0 Å². The lowest BCUT2D eigenvalue weighted by molar-refractivity contribution is -0.384. The maximum atomic E-state index is 11.7. The predicted molar refractivity (Wildman–Crippen MR) is 84.0 cm³/mol. The molecule has 0 unspecified atom stereocenters. The van der Waals surface area contributed by atoms with Crippen LogP contribution >= 0.6 is 0 Å². The molecule has 2 N–H and O–H groups in total. The fourth-order valence-corrected chi connectivity index (χ4v) is 1.72. The van der Waals surface area contributed by atoms with Crippen molar-refractivity contribution >= 4 is 17.7 Å². The van der Waals surface area contributed by atoms with Crippen LogP contribution in [-0.4, -0.2) is 40.3 Å². The standard InChI is InChI=1S/C15H20N2O7/c1-15(2,3)24-14(20)16-10(7-13(18)19)9-23-12-6-4-5-11(8-12)17(21)22/h4-6,8,10H,7,9H2,1-3H3,(H,16,20)(H,18,19)/t10-/m1/s1. The highest BCUT2D eigenvalue weighted by molar-refractivity contribution is 5.71. The zero-order valence-electron chi connectivity index (χ0n) is 13.6. The topological polar surface area (TPSA) is 128 Å². The van der Waals surface area contributed by atoms with E-state index < -0.39 is 28.6 Å². The van der Waals surface area contributed by atoms with Crippen LogP contribution in [0.5, 0.6) is 5.75 Å². The Morgan fingerprint density at radius 3 is 2.58 bits per heavy atom. The van der Waals surface area contributed by atoms with Crippen molar-refractivity contribution in [3.63, 3.8) is 0 Å². The Kier molecular flexibility index (Phi) is 6.51. The van der Waals surface area contributed by atoms with Gasteiger partial charge in [0.2, 0.25) is 0 Å². The number of carbonyl (C=O) groups excluding carboxylic acids is 1. The number of non-ortho nitro benzene ring substituents is 1. The van der Waals surface area contributed by atoms with Crippen molar-refractivity contribution in [3.8, 4) is 5.75 Å². The van der Waals surface area contributed by atoms with Crippen molar-refractivity contribution in [2.45, 2.75) is 38.8 Å². The maximum Gasteiger partial charge on any atom is 0.408 e. The van der Waals surface area contributed by atoms with Gasteiger partial charge in [-0.05, 0) is 26.8 Å². The number of hydrogen-bond donors (Lipinski definition) is 2. The SMILES string of the molecule is CC(C)(C)OC(=O)N[C@@H](COc1cccc([N+](=O)[O-])c1)CC(=O)O. The van der Waals surface area contributed by atoms with E-state index in [0.29, 0.717) is 0 Å². The quantitative estimate of drug-likeness (QED) is 0.576. The average Bonchev–Trinajstić information content (AvgIpc) is 2.42. The summed E-state index contributed by atoms with van der Waals surface area (Å²) in [5.41, 5.74) is -0.874. The van der Waals surface area contributed by atoms with Crippen LogP contribution < -0.4 is 10.1 Å². The second-order valence-corrected chi connectivity index (χ2v) is 6.01. The van der Waals surface area contributed by atoms with Crippen LogP contribution in [0.4, 0.5) is 10.5 Å². The minimum atomic E-state index is -1.13. The Hall–Kier alpha value is -2.84. The molecule has 0 radical (unpaired) electrons. The number of nitro groups is 1. The molecule has 24 heavy (non-hydrogen) atoms. The van der Waals surface area contributed by atoms with E-state index >= 15 is 0 Å². The van der Waals surface area contributed by atoms with Crippen LogP contribution in [0.15, 0.2) is 24.3 Å². The van der Waals surface area contributed by atoms with Crippen LogP contribution in [0.25, 0.3) is 0 Å². The average molecular weight is 340 g/mol. The highest BCUT2D eigenvalue weighted by atomic mass is 16.6. The van der Waals surface area contributed by atoms with Crippen LogP contribution in [0, 0.1) is 10.1 Å². The number of aliphatic carboxylic acids is 1. The number of carboxylic acid groups (broad SMARTS) is 1. The zero-order chi connectivity index (χ0) is 18.3. The number of nitro benzene ring substituents is 1. The molecule has 0 heterocycles. The summed E-state index contributed by atoms with van der Waals surface area (Å²) in [6.45, 7) is 4.86. The largest absolute Gasteiger partial charge is 0.491 e. The number of ether oxygens (including phenoxy) is 2. The third-order valence-corrected chi connectivity index (χ3v) is 2.62. The third kappa shape index (κ3) is 7.43. The van der Waals surface area contributed by atoms with Gasteiger partial charge in [-0.15, -0.1) is 0 Å². The molecule has 1 amide bonds. The smallest absolute Gasteiger partial charge is 0.408 e. The van der Waals surface area contributed by atoms with Crippen molar-refractivity contribution in [1.82, 2.24) is 5.32 Å². The number of carboxylic acids is 1. The Morgan fingerprint density at radius 1 is 1.38 bits per heavy atom. The highest BCUT2D eigenvalue weighted by Gasteiger charge is 2.22. The maximum absolute atomic E-state index is 11.7. The van der Waals surface area contributed by atoms with Gasteiger partial charge in [-0.3, -0.25) is 14.9 Å². The number of nitrogens with zero attached hydrogens (tertiary/aromatic N) is 1. The lowest BCUT2D eigenvalue weighted by atomic mass is 10.2. The Morgan fingerprint density at radius 2 is 2.04 bits per heavy atom. The van der Waals surface area contributed by atoms with Gasteiger partial charge in [-0.25, -0.2) is 4.79 Å². The molecule has 132 valence electrons. The molecule has 0 aromatic heterocycles. The van der Waals surface area contributed by atoms with Gasteiger partial charge < -0.3 is 19.9 Å². The second-order valence-electron chi connectivity index (χ2n) is 6.01. The monoisotopic (exact) mass is 340 g/mol. The molecule has 0 bridgehead atoms. The van der Waals surface area contributed by atoms with Gasteiger partial charge in [0.25, 0.3) is 5.69 Å². The van der Waals surface area contributed by atoms with E-state index in [-0.39, 0.29) is 24.5 Å². The highest BCUT2D eigenvalue weighted by Crippen LogP contribution is 2.19. The molecule has 1 rings (SSSR count). The van der Waals surface area contributed by atoms with E-state index in [0.717, 1.165) is 0 Å². The number of carbonyl (C=O) groups is 2. The molecule has 0 saturated carbocycles. The van der Waals surface area contributed by atoms with E-state index in [9.17, 15) is 19.7 Å². The molecule has 1 atom stereocenters. The molecule has 1 aromatic rings. The molecule has 0 aliphatic carbocycles. The summed E-state index contributed by atoms with van der Waals surface area (Å²) < 4.78 is 10.4. The second kappa shape index (κ2) is 8.14. The summed E-state index contributed by atoms with van der Waals surface area (Å²) in [7, 11) is 0. The molecule has 9 nitrogen and oxygen atoms in total. The third-order valence-electron chi connectivity index (χ3n) is 2.62. The van der Waals surface area contributed by atoms with Gasteiger partial charge in [0.1, 0.15) is 18.0 Å². The molecule has 0 spiro atoms. The number of benzene rings is 1. The number of amides is 1. The number of hydrogen-bond acceptors (Lipinski definition) is 6. The van der Waals surface area contributed by atoms with Gasteiger partial charge >= 0.3 is 12.1 Å². The lowest BCUT2D eigenvalue weighted by Gasteiger charge is -2.23. The number of rotatable bonds is 7. The summed E-state index contributed by atoms with van der Waals surface area (Å²) in [5.74, 6) is -0.927. The van der Waals surface area contributed by atoms with Crippen molar-refractivity contribution in [3.05, 3.63) is 34.4 Å². The minimum Gasteiger partial charge on any atom is -0.491 e. The molecular formula is C15H20N2O7. The first-order valence-electron chi connectivity index (χ1n) is 7.15. The van der Waals surface area contributed by atoms with Crippen molar-refractivity contribution in [2.75, 3.05) is 6.61 Å². The van der Waals surface area contributed by atoms with Crippen molar-refractivity contribution in [2.24, 2.45) is 0 Å². The van der Waals surface area contributed by atoms with E-state index in [1.165, 1.54) is 24.3 Å². The zero-order valence-corrected chi connectivity index (χ0v) is 13.6. The molecular weight excluding hydrogens is 320 g/mol. The first-order valence-corrected chi connectivity index (χ1v) is 7.15.